The molecule has 0 bridgehead atoms. The summed E-state index contributed by atoms with van der Waals surface area (Å²) >= 11 is 0. The largest absolute Gasteiger partial charge is 0.387 e. The Morgan fingerprint density at radius 1 is 1.28 bits per heavy atom. The minimum absolute atomic E-state index is 0.0960. The fourth-order valence-electron chi connectivity index (χ4n) is 2.03. The van der Waals surface area contributed by atoms with Crippen LogP contribution in [0.15, 0.2) is 24.3 Å². The summed E-state index contributed by atoms with van der Waals surface area (Å²) in [4.78, 5) is 0. The van der Waals surface area contributed by atoms with Gasteiger partial charge in [-0.1, -0.05) is 38.1 Å². The van der Waals surface area contributed by atoms with Crippen LogP contribution < -0.4 is 5.73 Å². The van der Waals surface area contributed by atoms with Crippen molar-refractivity contribution < 1.29 is 13.5 Å². The van der Waals surface area contributed by atoms with Crippen LogP contribution >= 0.6 is 0 Å². The fraction of sp³-hybridized carbons (Fsp3) is 0.538. The third-order valence-corrected chi connectivity index (χ3v) is 4.17. The van der Waals surface area contributed by atoms with Gasteiger partial charge in [-0.25, -0.2) is 8.42 Å². The summed E-state index contributed by atoms with van der Waals surface area (Å²) in [5.74, 6) is 0.0960. The Bertz CT molecular complexity index is 491. The van der Waals surface area contributed by atoms with Gasteiger partial charge in [0, 0.05) is 18.2 Å². The van der Waals surface area contributed by atoms with E-state index in [0.29, 0.717) is 0 Å². The molecule has 1 aromatic carbocycles. The van der Waals surface area contributed by atoms with Gasteiger partial charge in [0.2, 0.25) is 0 Å². The van der Waals surface area contributed by atoms with E-state index in [1.54, 1.807) is 12.1 Å². The molecule has 0 heterocycles. The standard InChI is InChI=1S/C13H21NO3S/c1-13(2,9-18(3,16)17)11-6-4-10(5-7-11)12(15)8-14/h4-7,12,15H,8-9,14H2,1-3H3. The molecule has 1 atom stereocenters. The highest BCUT2D eigenvalue weighted by Gasteiger charge is 2.25. The molecule has 1 aromatic rings. The number of nitrogens with two attached hydrogens (primary N) is 1. The van der Waals surface area contributed by atoms with E-state index in [0.717, 1.165) is 11.1 Å². The van der Waals surface area contributed by atoms with Crippen LogP contribution in [0, 0.1) is 0 Å². The summed E-state index contributed by atoms with van der Waals surface area (Å²) in [7, 11) is -3.03. The molecular weight excluding hydrogens is 250 g/mol. The molecule has 4 nitrogen and oxygen atoms in total. The van der Waals surface area contributed by atoms with Gasteiger partial charge in [-0.2, -0.15) is 0 Å². The number of sulfone groups is 1. The van der Waals surface area contributed by atoms with E-state index >= 15 is 0 Å². The smallest absolute Gasteiger partial charge is 0.148 e. The van der Waals surface area contributed by atoms with Gasteiger partial charge < -0.3 is 10.8 Å². The summed E-state index contributed by atoms with van der Waals surface area (Å²) in [5.41, 5.74) is 6.62. The topological polar surface area (TPSA) is 80.4 Å². The average molecular weight is 271 g/mol. The molecule has 5 heteroatoms. The highest BCUT2D eigenvalue weighted by Crippen LogP contribution is 2.26. The number of aliphatic hydroxyl groups excluding tert-OH is 1. The highest BCUT2D eigenvalue weighted by molar-refractivity contribution is 7.90. The number of benzene rings is 1. The van der Waals surface area contributed by atoms with Crippen LogP contribution in [0.25, 0.3) is 0 Å². The molecule has 1 unspecified atom stereocenters. The lowest BCUT2D eigenvalue weighted by Gasteiger charge is -2.24. The monoisotopic (exact) mass is 271 g/mol. The maximum Gasteiger partial charge on any atom is 0.148 e. The molecular formula is C13H21NO3S. The summed E-state index contributed by atoms with van der Waals surface area (Å²) in [6.07, 6.45) is 0.568. The fourth-order valence-corrected chi connectivity index (χ4v) is 3.51. The van der Waals surface area contributed by atoms with Crippen molar-refractivity contribution in [3.05, 3.63) is 35.4 Å². The van der Waals surface area contributed by atoms with Crippen LogP contribution in [-0.4, -0.2) is 32.1 Å². The predicted octanol–water partition coefficient (Wildman–Crippen LogP) is 1.00. The highest BCUT2D eigenvalue weighted by atomic mass is 32.2. The molecule has 102 valence electrons. The summed E-state index contributed by atoms with van der Waals surface area (Å²) < 4.78 is 22.8. The number of rotatable bonds is 5. The molecule has 0 spiro atoms. The van der Waals surface area contributed by atoms with Crippen molar-refractivity contribution in [1.29, 1.82) is 0 Å². The Kier molecular flexibility index (Phi) is 4.53. The maximum atomic E-state index is 11.4. The van der Waals surface area contributed by atoms with Gasteiger partial charge in [-0.05, 0) is 11.1 Å². The number of hydrogen-bond acceptors (Lipinski definition) is 4. The van der Waals surface area contributed by atoms with Crippen LogP contribution in [0.1, 0.15) is 31.1 Å². The van der Waals surface area contributed by atoms with Gasteiger partial charge in [0.15, 0.2) is 0 Å². The molecule has 0 aliphatic rings. The van der Waals surface area contributed by atoms with Crippen LogP contribution in [0.2, 0.25) is 0 Å². The van der Waals surface area contributed by atoms with Gasteiger partial charge >= 0.3 is 0 Å². The molecule has 3 N–H and O–H groups in total. The summed E-state index contributed by atoms with van der Waals surface area (Å²) in [6.45, 7) is 3.96. The lowest BCUT2D eigenvalue weighted by molar-refractivity contribution is 0.186. The van der Waals surface area contributed by atoms with Gasteiger partial charge in [-0.3, -0.25) is 0 Å². The third-order valence-electron chi connectivity index (χ3n) is 2.92. The third kappa shape index (κ3) is 4.08. The van der Waals surface area contributed by atoms with Crippen molar-refractivity contribution in [1.82, 2.24) is 0 Å². The molecule has 0 aliphatic carbocycles. The molecule has 1 rings (SSSR count). The summed E-state index contributed by atoms with van der Waals surface area (Å²) in [6, 6.07) is 7.27. The zero-order valence-electron chi connectivity index (χ0n) is 11.1. The Labute approximate surface area is 109 Å². The molecule has 0 radical (unpaired) electrons. The van der Waals surface area contributed by atoms with Crippen LogP contribution in [0.4, 0.5) is 0 Å². The van der Waals surface area contributed by atoms with Crippen molar-refractivity contribution in [2.24, 2.45) is 5.73 Å². The maximum absolute atomic E-state index is 11.4. The SMILES string of the molecule is CC(C)(CS(C)(=O)=O)c1ccc(C(O)CN)cc1. The Hall–Kier alpha value is -0.910. The quantitative estimate of drug-likeness (QED) is 0.837. The minimum atomic E-state index is -3.03. The zero-order chi connectivity index (χ0) is 14.0. The lowest BCUT2D eigenvalue weighted by atomic mass is 9.86. The van der Waals surface area contributed by atoms with Crippen LogP contribution in [0.5, 0.6) is 0 Å². The number of hydrogen-bond donors (Lipinski definition) is 2. The van der Waals surface area contributed by atoms with E-state index < -0.39 is 21.4 Å². The Morgan fingerprint density at radius 2 is 1.78 bits per heavy atom. The lowest BCUT2D eigenvalue weighted by Crippen LogP contribution is -2.27. The first-order chi connectivity index (χ1) is 8.15. The van der Waals surface area contributed by atoms with E-state index in [1.807, 2.05) is 26.0 Å². The van der Waals surface area contributed by atoms with E-state index in [2.05, 4.69) is 0 Å². The van der Waals surface area contributed by atoms with Gasteiger partial charge in [0.1, 0.15) is 9.84 Å². The molecule has 0 fully saturated rings. The first-order valence-corrected chi connectivity index (χ1v) is 7.88. The van der Waals surface area contributed by atoms with Gasteiger partial charge in [0.25, 0.3) is 0 Å². The van der Waals surface area contributed by atoms with Crippen molar-refractivity contribution in [3.63, 3.8) is 0 Å². The van der Waals surface area contributed by atoms with E-state index in [1.165, 1.54) is 6.26 Å². The van der Waals surface area contributed by atoms with Gasteiger partial charge in [0.05, 0.1) is 11.9 Å². The van der Waals surface area contributed by atoms with Gasteiger partial charge in [-0.15, -0.1) is 0 Å². The first kappa shape index (κ1) is 15.1. The molecule has 0 aliphatic heterocycles. The number of aliphatic hydroxyl groups is 1. The Balaban J connectivity index is 2.97. The normalized spacial score (nSPS) is 14.5. The van der Waals surface area contributed by atoms with E-state index in [-0.39, 0.29) is 12.3 Å². The molecule has 0 saturated carbocycles. The zero-order valence-corrected chi connectivity index (χ0v) is 11.9. The molecule has 18 heavy (non-hydrogen) atoms. The molecule has 0 amide bonds. The summed E-state index contributed by atoms with van der Waals surface area (Å²) in [5, 5.41) is 9.59. The van der Waals surface area contributed by atoms with Crippen molar-refractivity contribution in [2.75, 3.05) is 18.6 Å². The molecule has 0 aromatic heterocycles. The second-order valence-corrected chi connectivity index (χ2v) is 7.47. The second-order valence-electron chi connectivity index (χ2n) is 5.33. The van der Waals surface area contributed by atoms with Crippen LogP contribution in [0.3, 0.4) is 0 Å². The minimum Gasteiger partial charge on any atom is -0.387 e. The first-order valence-electron chi connectivity index (χ1n) is 5.82. The van der Waals surface area contributed by atoms with E-state index in [9.17, 15) is 13.5 Å². The Morgan fingerprint density at radius 3 is 2.17 bits per heavy atom. The van der Waals surface area contributed by atoms with Crippen LogP contribution in [-0.2, 0) is 15.3 Å². The second kappa shape index (κ2) is 5.38. The van der Waals surface area contributed by atoms with Crippen molar-refractivity contribution in [2.45, 2.75) is 25.4 Å². The predicted molar refractivity (Wildman–Crippen MR) is 73.2 cm³/mol. The van der Waals surface area contributed by atoms with E-state index in [4.69, 9.17) is 5.73 Å². The van der Waals surface area contributed by atoms with Crippen molar-refractivity contribution >= 4 is 9.84 Å². The average Bonchev–Trinajstić information content (AvgIpc) is 2.25. The molecule has 0 saturated heterocycles. The van der Waals surface area contributed by atoms with Crippen molar-refractivity contribution in [3.8, 4) is 0 Å².